The van der Waals surface area contributed by atoms with E-state index in [2.05, 4.69) is 31.0 Å². The third-order valence-corrected chi connectivity index (χ3v) is 4.49. The molecular formula is C14H26N2O. The van der Waals surface area contributed by atoms with Gasteiger partial charge in [0.2, 0.25) is 5.91 Å². The van der Waals surface area contributed by atoms with Crippen LogP contribution in [0.3, 0.4) is 0 Å². The lowest BCUT2D eigenvalue weighted by atomic mass is 9.80. The van der Waals surface area contributed by atoms with Crippen LogP contribution in [0.2, 0.25) is 0 Å². The molecule has 3 atom stereocenters. The predicted molar refractivity (Wildman–Crippen MR) is 69.8 cm³/mol. The molecule has 98 valence electrons. The fourth-order valence-electron chi connectivity index (χ4n) is 3.16. The molecular weight excluding hydrogens is 212 g/mol. The summed E-state index contributed by atoms with van der Waals surface area (Å²) in [6.45, 7) is 9.46. The number of carbonyl (C=O) groups is 1. The van der Waals surface area contributed by atoms with E-state index in [-0.39, 0.29) is 5.41 Å². The van der Waals surface area contributed by atoms with E-state index in [1.807, 2.05) is 0 Å². The van der Waals surface area contributed by atoms with Crippen molar-refractivity contribution >= 4 is 5.91 Å². The summed E-state index contributed by atoms with van der Waals surface area (Å²) in [5.41, 5.74) is -0.163. The van der Waals surface area contributed by atoms with E-state index >= 15 is 0 Å². The average Bonchev–Trinajstić information content (AvgIpc) is 2.32. The molecule has 0 aromatic heterocycles. The lowest BCUT2D eigenvalue weighted by Gasteiger charge is -2.43. The molecule has 0 radical (unpaired) electrons. The number of hydrogen-bond donors (Lipinski definition) is 1. The second-order valence-corrected chi connectivity index (χ2v) is 6.33. The Morgan fingerprint density at radius 3 is 2.76 bits per heavy atom. The number of carbonyl (C=O) groups excluding carboxylic acids is 1. The van der Waals surface area contributed by atoms with Crippen molar-refractivity contribution in [2.75, 3.05) is 19.6 Å². The third kappa shape index (κ3) is 2.65. The van der Waals surface area contributed by atoms with Crippen LogP contribution in [0.1, 0.15) is 46.5 Å². The SMILES string of the molecule is CC1CCC(C)N(C(=O)C2(C)CCCNC2)C1. The summed E-state index contributed by atoms with van der Waals surface area (Å²) < 4.78 is 0. The molecule has 0 saturated carbocycles. The molecule has 2 aliphatic heterocycles. The minimum Gasteiger partial charge on any atom is -0.339 e. The van der Waals surface area contributed by atoms with Gasteiger partial charge in [0.05, 0.1) is 5.41 Å². The van der Waals surface area contributed by atoms with Crippen LogP contribution in [0, 0.1) is 11.3 Å². The molecule has 0 aromatic carbocycles. The second-order valence-electron chi connectivity index (χ2n) is 6.33. The summed E-state index contributed by atoms with van der Waals surface area (Å²) >= 11 is 0. The van der Waals surface area contributed by atoms with Crippen LogP contribution in [-0.2, 0) is 4.79 Å². The summed E-state index contributed by atoms with van der Waals surface area (Å²) in [5, 5.41) is 3.37. The van der Waals surface area contributed by atoms with Crippen LogP contribution in [-0.4, -0.2) is 36.5 Å². The molecule has 3 unspecified atom stereocenters. The minimum atomic E-state index is -0.163. The summed E-state index contributed by atoms with van der Waals surface area (Å²) in [7, 11) is 0. The number of rotatable bonds is 1. The molecule has 2 heterocycles. The van der Waals surface area contributed by atoms with Gasteiger partial charge in [-0.2, -0.15) is 0 Å². The van der Waals surface area contributed by atoms with E-state index in [4.69, 9.17) is 0 Å². The maximum Gasteiger partial charge on any atom is 0.230 e. The predicted octanol–water partition coefficient (Wildman–Crippen LogP) is 2.02. The van der Waals surface area contributed by atoms with E-state index in [0.717, 1.165) is 38.9 Å². The van der Waals surface area contributed by atoms with Crippen molar-refractivity contribution in [3.8, 4) is 0 Å². The quantitative estimate of drug-likeness (QED) is 0.758. The lowest BCUT2D eigenvalue weighted by Crippen LogP contribution is -2.55. The van der Waals surface area contributed by atoms with Gasteiger partial charge in [0.25, 0.3) is 0 Å². The number of piperidine rings is 2. The second kappa shape index (κ2) is 4.97. The van der Waals surface area contributed by atoms with Crippen molar-refractivity contribution < 1.29 is 4.79 Å². The minimum absolute atomic E-state index is 0.163. The van der Waals surface area contributed by atoms with Gasteiger partial charge in [-0.05, 0) is 52.0 Å². The number of amides is 1. The highest BCUT2D eigenvalue weighted by Crippen LogP contribution is 2.32. The van der Waals surface area contributed by atoms with Crippen LogP contribution in [0.15, 0.2) is 0 Å². The summed E-state index contributed by atoms with van der Waals surface area (Å²) in [4.78, 5) is 14.9. The topological polar surface area (TPSA) is 32.3 Å². The third-order valence-electron chi connectivity index (χ3n) is 4.49. The summed E-state index contributed by atoms with van der Waals surface area (Å²) in [6, 6.07) is 0.428. The molecule has 2 rings (SSSR count). The lowest BCUT2D eigenvalue weighted by molar-refractivity contribution is -0.146. The largest absolute Gasteiger partial charge is 0.339 e. The van der Waals surface area contributed by atoms with E-state index in [0.29, 0.717) is 17.9 Å². The fourth-order valence-corrected chi connectivity index (χ4v) is 3.16. The molecule has 2 fully saturated rings. The van der Waals surface area contributed by atoms with Crippen LogP contribution >= 0.6 is 0 Å². The maximum atomic E-state index is 12.7. The highest BCUT2D eigenvalue weighted by Gasteiger charge is 2.40. The first kappa shape index (κ1) is 12.9. The molecule has 0 aromatic rings. The Balaban J connectivity index is 2.06. The van der Waals surface area contributed by atoms with Crippen LogP contribution < -0.4 is 5.32 Å². The highest BCUT2D eigenvalue weighted by atomic mass is 16.2. The van der Waals surface area contributed by atoms with Crippen LogP contribution in [0.5, 0.6) is 0 Å². The van der Waals surface area contributed by atoms with Crippen molar-refractivity contribution in [2.24, 2.45) is 11.3 Å². The van der Waals surface area contributed by atoms with Gasteiger partial charge in [0.1, 0.15) is 0 Å². The van der Waals surface area contributed by atoms with Gasteiger partial charge in [0, 0.05) is 19.1 Å². The Bertz CT molecular complexity index is 284. The van der Waals surface area contributed by atoms with Gasteiger partial charge in [-0.25, -0.2) is 0 Å². The molecule has 0 bridgehead atoms. The van der Waals surface area contributed by atoms with E-state index < -0.39 is 0 Å². The zero-order chi connectivity index (χ0) is 12.5. The Kier molecular flexibility index (Phi) is 3.76. The molecule has 2 saturated heterocycles. The first-order chi connectivity index (χ1) is 8.03. The standard InChI is InChI=1S/C14H26N2O/c1-11-5-6-12(2)16(9-11)13(17)14(3)7-4-8-15-10-14/h11-12,15H,4-10H2,1-3H3. The molecule has 3 heteroatoms. The van der Waals surface area contributed by atoms with Gasteiger partial charge in [0.15, 0.2) is 0 Å². The molecule has 1 amide bonds. The Morgan fingerprint density at radius 1 is 1.35 bits per heavy atom. The first-order valence-electron chi connectivity index (χ1n) is 7.05. The van der Waals surface area contributed by atoms with Crippen LogP contribution in [0.4, 0.5) is 0 Å². The van der Waals surface area contributed by atoms with E-state index in [9.17, 15) is 4.79 Å². The Morgan fingerprint density at radius 2 is 2.12 bits per heavy atom. The Labute approximate surface area is 105 Å². The van der Waals surface area contributed by atoms with Crippen LogP contribution in [0.25, 0.3) is 0 Å². The molecule has 0 aliphatic carbocycles. The van der Waals surface area contributed by atoms with Crippen molar-refractivity contribution in [1.29, 1.82) is 0 Å². The smallest absolute Gasteiger partial charge is 0.230 e. The molecule has 0 spiro atoms. The maximum absolute atomic E-state index is 12.7. The van der Waals surface area contributed by atoms with Crippen molar-refractivity contribution in [3.63, 3.8) is 0 Å². The van der Waals surface area contributed by atoms with Crippen molar-refractivity contribution in [2.45, 2.75) is 52.5 Å². The van der Waals surface area contributed by atoms with Gasteiger partial charge >= 0.3 is 0 Å². The number of nitrogens with one attached hydrogen (secondary N) is 1. The van der Waals surface area contributed by atoms with Gasteiger partial charge in [-0.15, -0.1) is 0 Å². The molecule has 3 nitrogen and oxygen atoms in total. The number of nitrogens with zero attached hydrogens (tertiary/aromatic N) is 1. The monoisotopic (exact) mass is 238 g/mol. The Hall–Kier alpha value is -0.570. The van der Waals surface area contributed by atoms with Crippen molar-refractivity contribution in [1.82, 2.24) is 10.2 Å². The summed E-state index contributed by atoms with van der Waals surface area (Å²) in [6.07, 6.45) is 4.59. The summed E-state index contributed by atoms with van der Waals surface area (Å²) in [5.74, 6) is 1.04. The van der Waals surface area contributed by atoms with E-state index in [1.54, 1.807) is 0 Å². The molecule has 1 N–H and O–H groups in total. The highest BCUT2D eigenvalue weighted by molar-refractivity contribution is 5.83. The zero-order valence-electron chi connectivity index (χ0n) is 11.5. The van der Waals surface area contributed by atoms with Crippen molar-refractivity contribution in [3.05, 3.63) is 0 Å². The average molecular weight is 238 g/mol. The fraction of sp³-hybridized carbons (Fsp3) is 0.929. The number of hydrogen-bond acceptors (Lipinski definition) is 2. The molecule has 2 aliphatic rings. The molecule has 17 heavy (non-hydrogen) atoms. The number of likely N-dealkylation sites (tertiary alicyclic amines) is 1. The normalized spacial score (nSPS) is 39.1. The van der Waals surface area contributed by atoms with Gasteiger partial charge < -0.3 is 10.2 Å². The van der Waals surface area contributed by atoms with Gasteiger partial charge in [-0.3, -0.25) is 4.79 Å². The zero-order valence-corrected chi connectivity index (χ0v) is 11.5. The van der Waals surface area contributed by atoms with Gasteiger partial charge in [-0.1, -0.05) is 6.92 Å². The van der Waals surface area contributed by atoms with E-state index in [1.165, 1.54) is 6.42 Å². The first-order valence-corrected chi connectivity index (χ1v) is 7.05.